The quantitative estimate of drug-likeness (QED) is 0.263. The number of carbonyl (C=O) groups excluding carboxylic acids is 5. The molecule has 4 amide bonds. The lowest BCUT2D eigenvalue weighted by atomic mass is 9.47. The number of halogens is 1. The number of ketones is 1. The van der Waals surface area contributed by atoms with E-state index in [-0.39, 0.29) is 43.4 Å². The van der Waals surface area contributed by atoms with Gasteiger partial charge in [0.25, 0.3) is 0 Å². The first-order valence-electron chi connectivity index (χ1n) is 12.0. The van der Waals surface area contributed by atoms with E-state index in [1.165, 1.54) is 0 Å². The minimum absolute atomic E-state index is 0.0445. The summed E-state index contributed by atoms with van der Waals surface area (Å²) in [5.74, 6) is -3.85. The summed E-state index contributed by atoms with van der Waals surface area (Å²) in [6.07, 6.45) is 4.15. The van der Waals surface area contributed by atoms with Gasteiger partial charge in [0.1, 0.15) is 18.3 Å². The van der Waals surface area contributed by atoms with Gasteiger partial charge >= 0.3 is 11.8 Å². The van der Waals surface area contributed by atoms with E-state index in [4.69, 9.17) is 0 Å². The molecule has 5 N–H and O–H groups in total. The molecule has 3 atom stereocenters. The molecule has 5 aliphatic rings. The van der Waals surface area contributed by atoms with Crippen LogP contribution in [0.3, 0.4) is 0 Å². The van der Waals surface area contributed by atoms with Gasteiger partial charge in [-0.15, -0.1) is 0 Å². The Kier molecular flexibility index (Phi) is 6.43. The smallest absolute Gasteiger partial charge is 0.309 e. The van der Waals surface area contributed by atoms with Gasteiger partial charge in [0.15, 0.2) is 5.78 Å². The molecule has 5 fully saturated rings. The molecule has 34 heavy (non-hydrogen) atoms. The molecule has 1 heterocycles. The minimum atomic E-state index is -1.23. The van der Waals surface area contributed by atoms with Crippen molar-refractivity contribution >= 4 is 29.4 Å². The van der Waals surface area contributed by atoms with Gasteiger partial charge in [-0.2, -0.15) is 0 Å². The third-order valence-electron chi connectivity index (χ3n) is 7.97. The number of amides is 4. The van der Waals surface area contributed by atoms with E-state index < -0.39 is 59.3 Å². The third kappa shape index (κ3) is 4.94. The number of aliphatic hydroxyl groups excluding tert-OH is 1. The highest BCUT2D eigenvalue weighted by atomic mass is 19.1. The molecule has 0 aromatic rings. The lowest BCUT2D eigenvalue weighted by Crippen LogP contribution is -2.77. The molecule has 1 unspecified atom stereocenters. The third-order valence-corrected chi connectivity index (χ3v) is 7.97. The van der Waals surface area contributed by atoms with Gasteiger partial charge in [-0.25, -0.2) is 4.39 Å². The molecule has 11 heteroatoms. The van der Waals surface area contributed by atoms with Gasteiger partial charge < -0.3 is 26.4 Å². The average molecular weight is 481 g/mol. The maximum atomic E-state index is 13.7. The zero-order valence-corrected chi connectivity index (χ0v) is 19.4. The molecule has 1 aliphatic heterocycles. The summed E-state index contributed by atoms with van der Waals surface area (Å²) in [5.41, 5.74) is -2.08. The highest BCUT2D eigenvalue weighted by molar-refractivity contribution is 6.35. The lowest BCUT2D eigenvalue weighted by Gasteiger charge is -2.65. The molecule has 4 aliphatic carbocycles. The van der Waals surface area contributed by atoms with Crippen molar-refractivity contribution in [2.75, 3.05) is 13.2 Å². The summed E-state index contributed by atoms with van der Waals surface area (Å²) in [6, 6.07) is -2.16. The first-order chi connectivity index (χ1) is 16.0. The summed E-state index contributed by atoms with van der Waals surface area (Å²) < 4.78 is 13.7. The second kappa shape index (κ2) is 8.90. The Hall–Kier alpha value is -2.56. The van der Waals surface area contributed by atoms with Crippen molar-refractivity contribution in [3.63, 3.8) is 0 Å². The first-order valence-corrected chi connectivity index (χ1v) is 12.0. The Morgan fingerprint density at radius 2 is 1.79 bits per heavy atom. The largest absolute Gasteiger partial charge is 0.389 e. The van der Waals surface area contributed by atoms with Crippen molar-refractivity contribution < 1.29 is 33.5 Å². The molecule has 1 saturated heterocycles. The van der Waals surface area contributed by atoms with E-state index in [1.54, 1.807) is 0 Å². The Labute approximate surface area is 197 Å². The van der Waals surface area contributed by atoms with Crippen LogP contribution in [0.5, 0.6) is 0 Å². The monoisotopic (exact) mass is 480 g/mol. The summed E-state index contributed by atoms with van der Waals surface area (Å²) >= 11 is 0. The van der Waals surface area contributed by atoms with Crippen molar-refractivity contribution in [1.82, 2.24) is 21.3 Å². The van der Waals surface area contributed by atoms with Gasteiger partial charge in [0, 0.05) is 37.3 Å². The van der Waals surface area contributed by atoms with Gasteiger partial charge in [0.2, 0.25) is 11.8 Å². The molecule has 5 rings (SSSR count). The highest BCUT2D eigenvalue weighted by Gasteiger charge is 2.70. The fourth-order valence-corrected chi connectivity index (χ4v) is 5.81. The minimum Gasteiger partial charge on any atom is -0.389 e. The van der Waals surface area contributed by atoms with Crippen LogP contribution >= 0.6 is 0 Å². The number of nitrogens with one attached hydrogen (secondary N) is 4. The van der Waals surface area contributed by atoms with Crippen LogP contribution in [0.25, 0.3) is 0 Å². The van der Waals surface area contributed by atoms with Crippen LogP contribution in [0.1, 0.15) is 64.7 Å². The highest BCUT2D eigenvalue weighted by Crippen LogP contribution is 2.62. The number of carbonyl (C=O) groups is 5. The van der Waals surface area contributed by atoms with Crippen LogP contribution in [0.15, 0.2) is 0 Å². The summed E-state index contributed by atoms with van der Waals surface area (Å²) in [5, 5.41) is 19.7. The van der Waals surface area contributed by atoms with Gasteiger partial charge in [-0.3, -0.25) is 24.0 Å². The zero-order valence-electron chi connectivity index (χ0n) is 19.4. The van der Waals surface area contributed by atoms with E-state index in [1.807, 2.05) is 6.92 Å². The van der Waals surface area contributed by atoms with Crippen LogP contribution in [-0.4, -0.2) is 71.0 Å². The number of aliphatic hydroxyl groups is 1. The molecular weight excluding hydrogens is 447 g/mol. The maximum Gasteiger partial charge on any atom is 0.309 e. The Morgan fingerprint density at radius 1 is 1.12 bits per heavy atom. The average Bonchev–Trinajstić information content (AvgIpc) is 3.13. The van der Waals surface area contributed by atoms with Gasteiger partial charge in [-0.1, -0.05) is 13.3 Å². The molecule has 4 saturated carbocycles. The Morgan fingerprint density at radius 3 is 2.29 bits per heavy atom. The number of hydrogen-bond donors (Lipinski definition) is 5. The fourth-order valence-electron chi connectivity index (χ4n) is 5.81. The van der Waals surface area contributed by atoms with Crippen molar-refractivity contribution in [2.45, 2.75) is 88.0 Å². The van der Waals surface area contributed by atoms with E-state index in [0.717, 1.165) is 19.3 Å². The number of rotatable bonds is 10. The molecule has 0 radical (unpaired) electrons. The Balaban J connectivity index is 1.40. The van der Waals surface area contributed by atoms with Crippen molar-refractivity contribution in [2.24, 2.45) is 11.3 Å². The molecule has 0 aromatic carbocycles. The first kappa shape index (κ1) is 24.6. The molecule has 10 nitrogen and oxygen atoms in total. The molecule has 0 spiro atoms. The van der Waals surface area contributed by atoms with Gasteiger partial charge in [-0.05, 0) is 37.5 Å². The van der Waals surface area contributed by atoms with Crippen LogP contribution in [0.2, 0.25) is 0 Å². The number of Topliss-reactive ketones (excluding diaryl/α,β-unsaturated/α-hetero) is 1. The van der Waals surface area contributed by atoms with Crippen LogP contribution in [-0.2, 0) is 24.0 Å². The van der Waals surface area contributed by atoms with Crippen LogP contribution in [0.4, 0.5) is 4.39 Å². The fraction of sp³-hybridized carbons (Fsp3) is 0.783. The van der Waals surface area contributed by atoms with Crippen LogP contribution in [0, 0.1) is 11.3 Å². The SMILES string of the molecule is CC1(C[C@H](NC(=O)C(=O)NC23CC(F)(C2)C3)C(=O)N[C@@H](CC2CCNC2=O)C(=O)CO)CCC1. The second-order valence-electron chi connectivity index (χ2n) is 11.0. The summed E-state index contributed by atoms with van der Waals surface area (Å²) in [6.45, 7) is 1.67. The molecule has 188 valence electrons. The van der Waals surface area contributed by atoms with E-state index in [9.17, 15) is 33.5 Å². The van der Waals surface area contributed by atoms with E-state index >= 15 is 0 Å². The maximum absolute atomic E-state index is 13.7. The molecular formula is C23H33FN4O6. The van der Waals surface area contributed by atoms with Crippen LogP contribution < -0.4 is 21.3 Å². The Bertz CT molecular complexity index is 884. The number of hydrogen-bond acceptors (Lipinski definition) is 6. The van der Waals surface area contributed by atoms with E-state index in [2.05, 4.69) is 21.3 Å². The predicted molar refractivity (Wildman–Crippen MR) is 117 cm³/mol. The summed E-state index contributed by atoms with van der Waals surface area (Å²) in [4.78, 5) is 62.4. The number of alkyl halides is 1. The van der Waals surface area contributed by atoms with Crippen molar-refractivity contribution in [3.05, 3.63) is 0 Å². The van der Waals surface area contributed by atoms with Crippen molar-refractivity contribution in [1.29, 1.82) is 0 Å². The van der Waals surface area contributed by atoms with E-state index in [0.29, 0.717) is 13.0 Å². The summed E-state index contributed by atoms with van der Waals surface area (Å²) in [7, 11) is 0. The lowest BCUT2D eigenvalue weighted by molar-refractivity contribution is -0.177. The zero-order chi connectivity index (χ0) is 24.7. The normalized spacial score (nSPS) is 32.1. The van der Waals surface area contributed by atoms with Crippen molar-refractivity contribution in [3.8, 4) is 0 Å². The standard InChI is InChI=1S/C23H33FN4O6/c1-21(4-2-5-21)8-15(27-19(33)20(34)28-23-10-22(24,11-23)12-23)18(32)26-14(16(30)9-29)7-13-3-6-25-17(13)31/h13-15,29H,2-12H2,1H3,(H,25,31)(H,26,32)(H,27,33)(H,28,34)/t13?,14-,15-,22?,23?/m0/s1. The second-order valence-corrected chi connectivity index (χ2v) is 11.0. The van der Waals surface area contributed by atoms with Gasteiger partial charge in [0.05, 0.1) is 6.04 Å². The predicted octanol–water partition coefficient (Wildman–Crippen LogP) is -0.615. The molecule has 2 bridgehead atoms. The molecule has 0 aromatic heterocycles. The topological polar surface area (TPSA) is 154 Å².